The van der Waals surface area contributed by atoms with Crippen molar-refractivity contribution < 1.29 is 23.7 Å². The molecule has 0 saturated carbocycles. The fourth-order valence-electron chi connectivity index (χ4n) is 4.68. The fraction of sp³-hybridized carbons (Fsp3) is 0.219. The maximum Gasteiger partial charge on any atom is 0.338 e. The van der Waals surface area contributed by atoms with Gasteiger partial charge in [0.1, 0.15) is 29.9 Å². The number of nitrogens with zero attached hydrogens (tertiary/aromatic N) is 2. The Balaban J connectivity index is 1.55. The number of esters is 1. The summed E-state index contributed by atoms with van der Waals surface area (Å²) in [6, 6.07) is 22.0. The third-order valence-corrected chi connectivity index (χ3v) is 7.66. The molecule has 8 nitrogen and oxygen atoms in total. The van der Waals surface area contributed by atoms with Crippen LogP contribution in [-0.4, -0.2) is 31.4 Å². The third-order valence-electron chi connectivity index (χ3n) is 6.68. The average Bonchev–Trinajstić information content (AvgIpc) is 3.30. The monoisotopic (exact) mass is 570 g/mol. The van der Waals surface area contributed by atoms with Crippen LogP contribution in [0.5, 0.6) is 17.2 Å². The molecule has 1 atom stereocenters. The van der Waals surface area contributed by atoms with Gasteiger partial charge in [0.2, 0.25) is 0 Å². The van der Waals surface area contributed by atoms with Crippen molar-refractivity contribution in [3.8, 4) is 17.2 Å². The maximum absolute atomic E-state index is 13.9. The second-order valence-electron chi connectivity index (χ2n) is 9.25. The van der Waals surface area contributed by atoms with Gasteiger partial charge >= 0.3 is 5.97 Å². The van der Waals surface area contributed by atoms with Crippen molar-refractivity contribution in [2.45, 2.75) is 26.5 Å². The van der Waals surface area contributed by atoms with Crippen LogP contribution in [0, 0.1) is 0 Å². The lowest BCUT2D eigenvalue weighted by atomic mass is 9.95. The van der Waals surface area contributed by atoms with Crippen molar-refractivity contribution in [1.82, 2.24) is 4.57 Å². The van der Waals surface area contributed by atoms with Crippen molar-refractivity contribution in [3.63, 3.8) is 0 Å². The number of aromatic nitrogens is 1. The highest BCUT2D eigenvalue weighted by Crippen LogP contribution is 2.37. The van der Waals surface area contributed by atoms with Gasteiger partial charge in [-0.15, -0.1) is 0 Å². The number of allylic oxidation sites excluding steroid dienone is 1. The van der Waals surface area contributed by atoms with Crippen molar-refractivity contribution in [3.05, 3.63) is 120 Å². The highest BCUT2D eigenvalue weighted by atomic mass is 32.1. The molecule has 0 aliphatic carbocycles. The first-order valence-electron chi connectivity index (χ1n) is 13.1. The maximum atomic E-state index is 13.9. The van der Waals surface area contributed by atoms with E-state index in [1.807, 2.05) is 60.7 Å². The molecule has 0 bridgehead atoms. The van der Waals surface area contributed by atoms with E-state index in [4.69, 9.17) is 18.9 Å². The van der Waals surface area contributed by atoms with E-state index in [2.05, 4.69) is 4.99 Å². The van der Waals surface area contributed by atoms with Gasteiger partial charge in [-0.05, 0) is 55.3 Å². The molecule has 1 aliphatic heterocycles. The van der Waals surface area contributed by atoms with Gasteiger partial charge in [-0.25, -0.2) is 9.79 Å². The Morgan fingerprint density at radius 2 is 1.73 bits per heavy atom. The lowest BCUT2D eigenvalue weighted by Gasteiger charge is -2.26. The molecule has 0 spiro atoms. The number of ether oxygens (including phenoxy) is 4. The van der Waals surface area contributed by atoms with Gasteiger partial charge in [-0.1, -0.05) is 53.8 Å². The Bertz CT molecular complexity index is 1770. The minimum absolute atomic E-state index is 0.192. The summed E-state index contributed by atoms with van der Waals surface area (Å²) in [4.78, 5) is 32.2. The summed E-state index contributed by atoms with van der Waals surface area (Å²) in [7, 11) is 3.10. The molecular formula is C32H30N2O6S. The number of fused-ring (bicyclic) bond motifs is 1. The van der Waals surface area contributed by atoms with Crippen molar-refractivity contribution >= 4 is 23.4 Å². The van der Waals surface area contributed by atoms with Gasteiger partial charge in [0.05, 0.1) is 36.6 Å². The molecule has 0 fully saturated rings. The zero-order valence-corrected chi connectivity index (χ0v) is 24.1. The molecule has 1 aliphatic rings. The Morgan fingerprint density at radius 1 is 1.00 bits per heavy atom. The lowest BCUT2D eigenvalue weighted by molar-refractivity contribution is -0.139. The highest BCUT2D eigenvalue weighted by molar-refractivity contribution is 7.07. The van der Waals surface area contributed by atoms with Crippen molar-refractivity contribution in [2.75, 3.05) is 20.8 Å². The van der Waals surface area contributed by atoms with Crippen LogP contribution in [0.3, 0.4) is 0 Å². The second-order valence-corrected chi connectivity index (χ2v) is 10.3. The molecule has 4 aromatic rings. The zero-order chi connectivity index (χ0) is 28.9. The van der Waals surface area contributed by atoms with E-state index in [1.165, 1.54) is 23.0 Å². The van der Waals surface area contributed by atoms with Gasteiger partial charge < -0.3 is 18.9 Å². The van der Waals surface area contributed by atoms with Crippen molar-refractivity contribution in [2.24, 2.45) is 4.99 Å². The van der Waals surface area contributed by atoms with Gasteiger partial charge in [-0.3, -0.25) is 9.36 Å². The largest absolute Gasteiger partial charge is 0.497 e. The standard InChI is InChI=1S/C32H30N2O6S/c1-5-39-31(36)28-20(2)33-32-34(29(28)25-16-15-24(37-3)18-26(25)38-4)30(35)27(41-32)17-21-11-13-23(14-12-21)40-19-22-9-7-6-8-10-22/h6-18,29H,5,19H2,1-4H3/t29-/m1/s1. The van der Waals surface area contributed by atoms with Crippen LogP contribution < -0.4 is 29.1 Å². The first kappa shape index (κ1) is 27.9. The minimum Gasteiger partial charge on any atom is -0.497 e. The fourth-order valence-corrected chi connectivity index (χ4v) is 5.73. The van der Waals surface area contributed by atoms with Gasteiger partial charge in [0.15, 0.2) is 4.80 Å². The first-order valence-corrected chi connectivity index (χ1v) is 13.9. The molecule has 0 unspecified atom stereocenters. The van der Waals surface area contributed by atoms with Crippen LogP contribution in [0.15, 0.2) is 93.9 Å². The van der Waals surface area contributed by atoms with Crippen LogP contribution in [0.2, 0.25) is 0 Å². The summed E-state index contributed by atoms with van der Waals surface area (Å²) < 4.78 is 24.3. The molecule has 2 heterocycles. The summed E-state index contributed by atoms with van der Waals surface area (Å²) in [6.07, 6.45) is 1.82. The van der Waals surface area contributed by atoms with Crippen LogP contribution in [0.1, 0.15) is 36.6 Å². The number of benzene rings is 3. The van der Waals surface area contributed by atoms with E-state index in [9.17, 15) is 9.59 Å². The number of hydrogen-bond donors (Lipinski definition) is 0. The average molecular weight is 571 g/mol. The summed E-state index contributed by atoms with van der Waals surface area (Å²) >= 11 is 1.26. The van der Waals surface area contributed by atoms with Crippen molar-refractivity contribution in [1.29, 1.82) is 0 Å². The molecule has 5 rings (SSSR count). The molecular weight excluding hydrogens is 540 g/mol. The third kappa shape index (κ3) is 5.81. The number of thiazole rings is 1. The molecule has 1 aromatic heterocycles. The van der Waals surface area contributed by atoms with Gasteiger partial charge in [0.25, 0.3) is 5.56 Å². The number of carbonyl (C=O) groups is 1. The summed E-state index contributed by atoms with van der Waals surface area (Å²) in [5, 5.41) is 0. The lowest BCUT2D eigenvalue weighted by Crippen LogP contribution is -2.40. The number of rotatable bonds is 9. The van der Waals surface area contributed by atoms with Gasteiger partial charge in [-0.2, -0.15) is 0 Å². The van der Waals surface area contributed by atoms with Crippen LogP contribution in [-0.2, 0) is 16.1 Å². The topological polar surface area (TPSA) is 88.4 Å². The molecule has 210 valence electrons. The highest BCUT2D eigenvalue weighted by Gasteiger charge is 2.35. The predicted molar refractivity (Wildman–Crippen MR) is 157 cm³/mol. The predicted octanol–water partition coefficient (Wildman–Crippen LogP) is 4.39. The molecule has 0 saturated heterocycles. The summed E-state index contributed by atoms with van der Waals surface area (Å²) in [5.74, 6) is 1.27. The molecule has 0 radical (unpaired) electrons. The van der Waals surface area contributed by atoms with Crippen LogP contribution in [0.4, 0.5) is 0 Å². The number of carbonyl (C=O) groups excluding carboxylic acids is 1. The molecule has 41 heavy (non-hydrogen) atoms. The zero-order valence-electron chi connectivity index (χ0n) is 23.2. The molecule has 9 heteroatoms. The summed E-state index contributed by atoms with van der Waals surface area (Å²) in [5.41, 5.74) is 3.04. The van der Waals surface area contributed by atoms with E-state index in [-0.39, 0.29) is 17.7 Å². The van der Waals surface area contributed by atoms with Crippen LogP contribution >= 0.6 is 11.3 Å². The van der Waals surface area contributed by atoms with E-state index in [0.717, 1.165) is 16.9 Å². The SMILES string of the molecule is CCOC(=O)C1=C(C)N=c2sc(=Cc3ccc(OCc4ccccc4)cc3)c(=O)n2[C@@H]1c1ccc(OC)cc1OC. The first-order chi connectivity index (χ1) is 19.9. The Morgan fingerprint density at radius 3 is 2.41 bits per heavy atom. The molecule has 3 aromatic carbocycles. The summed E-state index contributed by atoms with van der Waals surface area (Å²) in [6.45, 7) is 4.15. The smallest absolute Gasteiger partial charge is 0.338 e. The quantitative estimate of drug-likeness (QED) is 0.277. The van der Waals surface area contributed by atoms with Crippen LogP contribution in [0.25, 0.3) is 6.08 Å². The normalized spacial score (nSPS) is 14.7. The van der Waals surface area contributed by atoms with E-state index >= 15 is 0 Å². The van der Waals surface area contributed by atoms with E-state index < -0.39 is 12.0 Å². The number of methoxy groups -OCH3 is 2. The molecule has 0 N–H and O–H groups in total. The molecule has 0 amide bonds. The Kier molecular flexibility index (Phi) is 8.35. The van der Waals surface area contributed by atoms with Gasteiger partial charge in [0, 0.05) is 11.6 Å². The minimum atomic E-state index is -0.790. The van der Waals surface area contributed by atoms with E-state index in [0.29, 0.717) is 38.7 Å². The Hall–Kier alpha value is -4.63. The van der Waals surface area contributed by atoms with E-state index in [1.54, 1.807) is 39.2 Å². The second kappa shape index (κ2) is 12.3. The Labute approximate surface area is 241 Å². The number of hydrogen-bond acceptors (Lipinski definition) is 8.